The Bertz CT molecular complexity index is 163. The van der Waals surface area contributed by atoms with Crippen LogP contribution in [0.2, 0.25) is 0 Å². The van der Waals surface area contributed by atoms with Gasteiger partial charge >= 0.3 is 0 Å². The lowest BCUT2D eigenvalue weighted by Crippen LogP contribution is -2.04. The fourth-order valence-corrected chi connectivity index (χ4v) is 1.53. The van der Waals surface area contributed by atoms with E-state index in [1.807, 2.05) is 6.08 Å². The molecule has 1 unspecified atom stereocenters. The van der Waals surface area contributed by atoms with Gasteiger partial charge in [0.1, 0.15) is 0 Å². The first-order valence-corrected chi connectivity index (χ1v) is 4.05. The van der Waals surface area contributed by atoms with E-state index in [-0.39, 0.29) is 0 Å². The molecule has 1 aliphatic carbocycles. The molecule has 0 aromatic heterocycles. The summed E-state index contributed by atoms with van der Waals surface area (Å²) in [6.07, 6.45) is 5.91. The van der Waals surface area contributed by atoms with Crippen molar-refractivity contribution in [2.45, 2.75) is 33.1 Å². The standard InChI is InChI=1S/C10H16/c1-4-10-7-8(2)5-6-9(10)3/h4,8H,1,5-7H2,2-3H3. The van der Waals surface area contributed by atoms with Crippen molar-refractivity contribution < 1.29 is 0 Å². The summed E-state index contributed by atoms with van der Waals surface area (Å²) in [5.74, 6) is 0.872. The fraction of sp³-hybridized carbons (Fsp3) is 0.600. The minimum Gasteiger partial charge on any atom is -0.0988 e. The van der Waals surface area contributed by atoms with Gasteiger partial charge in [0.05, 0.1) is 0 Å². The van der Waals surface area contributed by atoms with E-state index < -0.39 is 0 Å². The Morgan fingerprint density at radius 1 is 1.60 bits per heavy atom. The van der Waals surface area contributed by atoms with E-state index in [2.05, 4.69) is 20.4 Å². The SMILES string of the molecule is C=CC1=C(C)CCC(C)C1. The highest BCUT2D eigenvalue weighted by Gasteiger charge is 2.12. The zero-order valence-corrected chi connectivity index (χ0v) is 6.98. The highest BCUT2D eigenvalue weighted by Crippen LogP contribution is 2.28. The van der Waals surface area contributed by atoms with Gasteiger partial charge in [-0.1, -0.05) is 25.2 Å². The molecule has 0 saturated heterocycles. The van der Waals surface area contributed by atoms with Gasteiger partial charge in [-0.3, -0.25) is 0 Å². The molecule has 0 saturated carbocycles. The normalized spacial score (nSPS) is 26.8. The van der Waals surface area contributed by atoms with E-state index in [0.717, 1.165) is 5.92 Å². The van der Waals surface area contributed by atoms with Gasteiger partial charge in [-0.15, -0.1) is 0 Å². The number of allylic oxidation sites excluding steroid dienone is 3. The third-order valence-corrected chi connectivity index (χ3v) is 2.38. The molecule has 0 aliphatic heterocycles. The van der Waals surface area contributed by atoms with Crippen LogP contribution >= 0.6 is 0 Å². The van der Waals surface area contributed by atoms with E-state index in [9.17, 15) is 0 Å². The Labute approximate surface area is 63.6 Å². The Kier molecular flexibility index (Phi) is 2.31. The minimum absolute atomic E-state index is 0.872. The van der Waals surface area contributed by atoms with Crippen LogP contribution in [0.3, 0.4) is 0 Å². The molecule has 1 aliphatic rings. The summed E-state index contributed by atoms with van der Waals surface area (Å²) in [7, 11) is 0. The molecule has 0 N–H and O–H groups in total. The van der Waals surface area contributed by atoms with Gasteiger partial charge in [-0.2, -0.15) is 0 Å². The molecule has 56 valence electrons. The van der Waals surface area contributed by atoms with Crippen molar-refractivity contribution in [1.29, 1.82) is 0 Å². The topological polar surface area (TPSA) is 0 Å². The van der Waals surface area contributed by atoms with Crippen LogP contribution in [0.5, 0.6) is 0 Å². The van der Waals surface area contributed by atoms with Gasteiger partial charge < -0.3 is 0 Å². The smallest absolute Gasteiger partial charge is 0.0254 e. The van der Waals surface area contributed by atoms with Crippen molar-refractivity contribution in [2.75, 3.05) is 0 Å². The van der Waals surface area contributed by atoms with Gasteiger partial charge in [0, 0.05) is 0 Å². The summed E-state index contributed by atoms with van der Waals surface area (Å²) in [5, 5.41) is 0. The fourth-order valence-electron chi connectivity index (χ4n) is 1.53. The van der Waals surface area contributed by atoms with Crippen molar-refractivity contribution in [3.8, 4) is 0 Å². The second kappa shape index (κ2) is 3.05. The molecule has 0 heterocycles. The molecule has 0 aromatic rings. The summed E-state index contributed by atoms with van der Waals surface area (Å²) >= 11 is 0. The number of hydrogen-bond acceptors (Lipinski definition) is 0. The molecule has 1 atom stereocenters. The van der Waals surface area contributed by atoms with E-state index in [4.69, 9.17) is 0 Å². The predicted octanol–water partition coefficient (Wildman–Crippen LogP) is 3.31. The minimum atomic E-state index is 0.872. The van der Waals surface area contributed by atoms with Crippen LogP contribution < -0.4 is 0 Å². The van der Waals surface area contributed by atoms with Crippen LogP contribution in [0, 0.1) is 5.92 Å². The van der Waals surface area contributed by atoms with Gasteiger partial charge in [-0.25, -0.2) is 0 Å². The van der Waals surface area contributed by atoms with Crippen molar-refractivity contribution in [3.63, 3.8) is 0 Å². The van der Waals surface area contributed by atoms with Gasteiger partial charge in [-0.05, 0) is 37.7 Å². The molecule has 0 heteroatoms. The first-order valence-electron chi connectivity index (χ1n) is 4.05. The Morgan fingerprint density at radius 2 is 2.30 bits per heavy atom. The second-order valence-electron chi connectivity index (χ2n) is 3.36. The molecule has 0 spiro atoms. The molecular weight excluding hydrogens is 120 g/mol. The monoisotopic (exact) mass is 136 g/mol. The van der Waals surface area contributed by atoms with Crippen molar-refractivity contribution >= 4 is 0 Å². The van der Waals surface area contributed by atoms with Crippen LogP contribution in [0.25, 0.3) is 0 Å². The maximum absolute atomic E-state index is 3.81. The quantitative estimate of drug-likeness (QED) is 0.518. The molecule has 0 fully saturated rings. The van der Waals surface area contributed by atoms with Crippen molar-refractivity contribution in [1.82, 2.24) is 0 Å². The maximum Gasteiger partial charge on any atom is -0.0254 e. The lowest BCUT2D eigenvalue weighted by molar-refractivity contribution is 0.502. The molecule has 0 bridgehead atoms. The molecule has 1 rings (SSSR count). The third-order valence-electron chi connectivity index (χ3n) is 2.38. The van der Waals surface area contributed by atoms with Crippen LogP contribution in [0.4, 0.5) is 0 Å². The first kappa shape index (κ1) is 7.59. The average molecular weight is 136 g/mol. The van der Waals surface area contributed by atoms with E-state index in [1.165, 1.54) is 24.8 Å². The van der Waals surface area contributed by atoms with Gasteiger partial charge in [0.2, 0.25) is 0 Å². The van der Waals surface area contributed by atoms with Crippen LogP contribution in [-0.4, -0.2) is 0 Å². The zero-order chi connectivity index (χ0) is 7.56. The summed E-state index contributed by atoms with van der Waals surface area (Å²) < 4.78 is 0. The highest BCUT2D eigenvalue weighted by atomic mass is 14.2. The predicted molar refractivity (Wildman–Crippen MR) is 45.9 cm³/mol. The van der Waals surface area contributed by atoms with Crippen molar-refractivity contribution in [3.05, 3.63) is 23.8 Å². The molecular formula is C10H16. The van der Waals surface area contributed by atoms with Gasteiger partial charge in [0.15, 0.2) is 0 Å². The molecule has 0 amide bonds. The number of rotatable bonds is 1. The van der Waals surface area contributed by atoms with Crippen LogP contribution in [-0.2, 0) is 0 Å². The summed E-state index contributed by atoms with van der Waals surface area (Å²) in [5.41, 5.74) is 3.03. The Balaban J connectivity index is 2.71. The first-order chi connectivity index (χ1) is 4.74. The molecule has 0 radical (unpaired) electrons. The summed E-state index contributed by atoms with van der Waals surface area (Å²) in [6.45, 7) is 8.35. The zero-order valence-electron chi connectivity index (χ0n) is 6.98. The van der Waals surface area contributed by atoms with E-state index in [0.29, 0.717) is 0 Å². The van der Waals surface area contributed by atoms with Crippen molar-refractivity contribution in [2.24, 2.45) is 5.92 Å². The lowest BCUT2D eigenvalue weighted by Gasteiger charge is -2.20. The summed E-state index contributed by atoms with van der Waals surface area (Å²) in [4.78, 5) is 0. The summed E-state index contributed by atoms with van der Waals surface area (Å²) in [6, 6.07) is 0. The van der Waals surface area contributed by atoms with Gasteiger partial charge in [0.25, 0.3) is 0 Å². The Hall–Kier alpha value is -0.520. The molecule has 10 heavy (non-hydrogen) atoms. The average Bonchev–Trinajstić information content (AvgIpc) is 1.94. The maximum atomic E-state index is 3.81. The highest BCUT2D eigenvalue weighted by molar-refractivity contribution is 5.25. The third kappa shape index (κ3) is 1.50. The molecule has 0 aromatic carbocycles. The Morgan fingerprint density at radius 3 is 2.80 bits per heavy atom. The molecule has 0 nitrogen and oxygen atoms in total. The van der Waals surface area contributed by atoms with E-state index >= 15 is 0 Å². The lowest BCUT2D eigenvalue weighted by atomic mass is 9.86. The number of hydrogen-bond donors (Lipinski definition) is 0. The van der Waals surface area contributed by atoms with Crippen LogP contribution in [0.15, 0.2) is 23.8 Å². The second-order valence-corrected chi connectivity index (χ2v) is 3.36. The van der Waals surface area contributed by atoms with Crippen LogP contribution in [0.1, 0.15) is 33.1 Å². The largest absolute Gasteiger partial charge is 0.0988 e. The van der Waals surface area contributed by atoms with E-state index in [1.54, 1.807) is 5.57 Å².